The predicted octanol–water partition coefficient (Wildman–Crippen LogP) is 3.72. The quantitative estimate of drug-likeness (QED) is 0.730. The van der Waals surface area contributed by atoms with Crippen LogP contribution in [0.1, 0.15) is 25.5 Å². The molecule has 0 unspecified atom stereocenters. The molecule has 2 heterocycles. The number of nitrogens with two attached hydrogens (primary N) is 1. The van der Waals surface area contributed by atoms with Gasteiger partial charge < -0.3 is 10.6 Å². The minimum absolute atomic E-state index is 0.273. The van der Waals surface area contributed by atoms with Gasteiger partial charge in [-0.05, 0) is 38.6 Å². The van der Waals surface area contributed by atoms with Crippen LogP contribution in [-0.2, 0) is 6.54 Å². The zero-order chi connectivity index (χ0) is 18.0. The van der Waals surface area contributed by atoms with Crippen molar-refractivity contribution in [2.24, 2.45) is 5.73 Å². The van der Waals surface area contributed by atoms with E-state index in [1.54, 1.807) is 0 Å². The van der Waals surface area contributed by atoms with E-state index in [0.717, 1.165) is 29.7 Å². The number of hydrogen-bond acceptors (Lipinski definition) is 4. The first-order valence-electron chi connectivity index (χ1n) is 8.51. The molecule has 0 bridgehead atoms. The standard InChI is InChI=1S/C19H24ClN5/c1-13(2)25-12-16-17(20)10-18(22-19(16)23-25)15-6-4-5-14(9-15)11-24(3)8-7-21/h4-6,9-10,12-13H,7-8,11,21H2,1-3H3. The molecule has 132 valence electrons. The summed E-state index contributed by atoms with van der Waals surface area (Å²) < 4.78 is 1.89. The number of rotatable bonds is 6. The highest BCUT2D eigenvalue weighted by atomic mass is 35.5. The fourth-order valence-electron chi connectivity index (χ4n) is 2.83. The van der Waals surface area contributed by atoms with E-state index in [0.29, 0.717) is 17.2 Å². The molecule has 0 saturated carbocycles. The Morgan fingerprint density at radius 2 is 2.08 bits per heavy atom. The number of aromatic nitrogens is 3. The van der Waals surface area contributed by atoms with Crippen molar-refractivity contribution in [3.8, 4) is 11.3 Å². The third-order valence-electron chi connectivity index (χ3n) is 4.17. The number of halogens is 1. The molecule has 0 spiro atoms. The Bertz CT molecular complexity index is 871. The van der Waals surface area contributed by atoms with Gasteiger partial charge in [-0.25, -0.2) is 4.98 Å². The van der Waals surface area contributed by atoms with E-state index >= 15 is 0 Å². The van der Waals surface area contributed by atoms with Crippen molar-refractivity contribution >= 4 is 22.6 Å². The number of fused-ring (bicyclic) bond motifs is 1. The van der Waals surface area contributed by atoms with E-state index in [-0.39, 0.29) is 6.04 Å². The normalized spacial score (nSPS) is 11.8. The lowest BCUT2D eigenvalue weighted by molar-refractivity contribution is 0.336. The van der Waals surface area contributed by atoms with Crippen LogP contribution in [0.4, 0.5) is 0 Å². The summed E-state index contributed by atoms with van der Waals surface area (Å²) in [5.41, 5.74) is 9.41. The number of benzene rings is 1. The van der Waals surface area contributed by atoms with Gasteiger partial charge in [0.15, 0.2) is 5.65 Å². The summed E-state index contributed by atoms with van der Waals surface area (Å²) in [6.45, 7) is 6.54. The van der Waals surface area contributed by atoms with Crippen molar-refractivity contribution in [1.29, 1.82) is 0 Å². The number of likely N-dealkylation sites (N-methyl/N-ethyl adjacent to an activating group) is 1. The molecule has 0 amide bonds. The summed E-state index contributed by atoms with van der Waals surface area (Å²) in [5.74, 6) is 0. The maximum absolute atomic E-state index is 6.48. The van der Waals surface area contributed by atoms with Crippen LogP contribution in [0.2, 0.25) is 5.02 Å². The first kappa shape index (κ1) is 17.9. The number of hydrogen-bond donors (Lipinski definition) is 1. The van der Waals surface area contributed by atoms with E-state index in [2.05, 4.69) is 49.1 Å². The minimum atomic E-state index is 0.273. The SMILES string of the molecule is CC(C)n1cc2c(Cl)cc(-c3cccc(CN(C)CCN)c3)nc2n1. The Balaban J connectivity index is 1.96. The molecule has 5 nitrogen and oxygen atoms in total. The molecule has 0 saturated heterocycles. The van der Waals surface area contributed by atoms with Crippen LogP contribution >= 0.6 is 11.6 Å². The molecule has 0 aliphatic carbocycles. The summed E-state index contributed by atoms with van der Waals surface area (Å²) >= 11 is 6.48. The van der Waals surface area contributed by atoms with E-state index < -0.39 is 0 Å². The van der Waals surface area contributed by atoms with Crippen molar-refractivity contribution in [2.45, 2.75) is 26.4 Å². The lowest BCUT2D eigenvalue weighted by Crippen LogP contribution is -2.24. The summed E-state index contributed by atoms with van der Waals surface area (Å²) in [7, 11) is 2.07. The summed E-state index contributed by atoms with van der Waals surface area (Å²) in [4.78, 5) is 6.92. The molecule has 0 aliphatic rings. The molecule has 2 aromatic heterocycles. The van der Waals surface area contributed by atoms with E-state index in [9.17, 15) is 0 Å². The van der Waals surface area contributed by atoms with E-state index in [1.807, 2.05) is 23.0 Å². The van der Waals surface area contributed by atoms with E-state index in [4.69, 9.17) is 22.3 Å². The highest BCUT2D eigenvalue weighted by Gasteiger charge is 2.12. The number of nitrogens with zero attached hydrogens (tertiary/aromatic N) is 4. The predicted molar refractivity (Wildman–Crippen MR) is 104 cm³/mol. The average molecular weight is 358 g/mol. The molecule has 0 radical (unpaired) electrons. The van der Waals surface area contributed by atoms with Gasteiger partial charge in [-0.2, -0.15) is 5.10 Å². The van der Waals surface area contributed by atoms with Crippen molar-refractivity contribution in [1.82, 2.24) is 19.7 Å². The zero-order valence-electron chi connectivity index (χ0n) is 14.9. The van der Waals surface area contributed by atoms with Gasteiger partial charge in [0.2, 0.25) is 0 Å². The monoisotopic (exact) mass is 357 g/mol. The van der Waals surface area contributed by atoms with Crippen LogP contribution in [-0.4, -0.2) is 39.8 Å². The lowest BCUT2D eigenvalue weighted by atomic mass is 10.1. The highest BCUT2D eigenvalue weighted by molar-refractivity contribution is 6.35. The third-order valence-corrected chi connectivity index (χ3v) is 4.49. The summed E-state index contributed by atoms with van der Waals surface area (Å²) in [5, 5.41) is 6.12. The molecule has 3 rings (SSSR count). The number of pyridine rings is 1. The van der Waals surface area contributed by atoms with Crippen LogP contribution in [0, 0.1) is 0 Å². The molecule has 1 aromatic carbocycles. The topological polar surface area (TPSA) is 60.0 Å². The summed E-state index contributed by atoms with van der Waals surface area (Å²) in [6.07, 6.45) is 1.96. The van der Waals surface area contributed by atoms with Gasteiger partial charge in [0.05, 0.1) is 16.1 Å². The zero-order valence-corrected chi connectivity index (χ0v) is 15.7. The van der Waals surface area contributed by atoms with Crippen molar-refractivity contribution < 1.29 is 0 Å². The second-order valence-corrected chi connectivity index (χ2v) is 7.06. The maximum atomic E-state index is 6.48. The van der Waals surface area contributed by atoms with Crippen LogP contribution in [0.5, 0.6) is 0 Å². The van der Waals surface area contributed by atoms with Crippen molar-refractivity contribution in [3.63, 3.8) is 0 Å². The second-order valence-electron chi connectivity index (χ2n) is 6.66. The fraction of sp³-hybridized carbons (Fsp3) is 0.368. The Morgan fingerprint density at radius 1 is 1.28 bits per heavy atom. The lowest BCUT2D eigenvalue weighted by Gasteiger charge is -2.15. The van der Waals surface area contributed by atoms with Crippen LogP contribution in [0.15, 0.2) is 36.5 Å². The van der Waals surface area contributed by atoms with Crippen LogP contribution < -0.4 is 5.73 Å². The molecule has 2 N–H and O–H groups in total. The average Bonchev–Trinajstić information content (AvgIpc) is 3.00. The van der Waals surface area contributed by atoms with Crippen molar-refractivity contribution in [2.75, 3.05) is 20.1 Å². The Labute approximate surface area is 153 Å². The molecule has 0 fully saturated rings. The minimum Gasteiger partial charge on any atom is -0.329 e. The fourth-order valence-corrected chi connectivity index (χ4v) is 3.07. The van der Waals surface area contributed by atoms with Crippen molar-refractivity contribution in [3.05, 3.63) is 47.1 Å². The molecule has 25 heavy (non-hydrogen) atoms. The molecular weight excluding hydrogens is 334 g/mol. The van der Waals surface area contributed by atoms with Gasteiger partial charge in [-0.15, -0.1) is 0 Å². The molecule has 0 atom stereocenters. The summed E-state index contributed by atoms with van der Waals surface area (Å²) in [6, 6.07) is 10.6. The van der Waals surface area contributed by atoms with Gasteiger partial charge in [0.25, 0.3) is 0 Å². The molecule has 3 aromatic rings. The van der Waals surface area contributed by atoms with Gasteiger partial charge >= 0.3 is 0 Å². The Hall–Kier alpha value is -1.95. The second kappa shape index (κ2) is 7.52. The third kappa shape index (κ3) is 4.00. The Morgan fingerprint density at radius 3 is 2.80 bits per heavy atom. The van der Waals surface area contributed by atoms with Gasteiger partial charge in [0.1, 0.15) is 0 Å². The first-order chi connectivity index (χ1) is 12.0. The van der Waals surface area contributed by atoms with Gasteiger partial charge in [-0.3, -0.25) is 4.68 Å². The molecule has 0 aliphatic heterocycles. The Kier molecular flexibility index (Phi) is 5.37. The highest BCUT2D eigenvalue weighted by Crippen LogP contribution is 2.28. The van der Waals surface area contributed by atoms with E-state index in [1.165, 1.54) is 5.56 Å². The largest absolute Gasteiger partial charge is 0.329 e. The van der Waals surface area contributed by atoms with Crippen LogP contribution in [0.25, 0.3) is 22.3 Å². The molecule has 6 heteroatoms. The van der Waals surface area contributed by atoms with Crippen LogP contribution in [0.3, 0.4) is 0 Å². The first-order valence-corrected chi connectivity index (χ1v) is 8.89. The molecular formula is C19H24ClN5. The van der Waals surface area contributed by atoms with Gasteiger partial charge in [-0.1, -0.05) is 29.8 Å². The van der Waals surface area contributed by atoms with Gasteiger partial charge in [0, 0.05) is 37.4 Å². The smallest absolute Gasteiger partial charge is 0.183 e. The maximum Gasteiger partial charge on any atom is 0.183 e.